The number of aromatic nitrogens is 2. The molecule has 4 amide bonds. The number of ether oxygens (including phenoxy) is 5. The van der Waals surface area contributed by atoms with Crippen LogP contribution in [0.5, 0.6) is 11.5 Å². The Bertz CT molecular complexity index is 5010. The minimum atomic E-state index is -0.944. The normalized spacial score (nSPS) is 10.7. The Kier molecular flexibility index (Phi) is 45.5. The third kappa shape index (κ3) is 41.9. The largest absolute Gasteiger partial charge is 0.466 e. The maximum Gasteiger partial charge on any atom is 0.419 e. The van der Waals surface area contributed by atoms with E-state index in [1.165, 1.54) is 19.1 Å². The van der Waals surface area contributed by atoms with Crippen LogP contribution in [0.15, 0.2) is 152 Å². The minimum Gasteiger partial charge on any atom is -0.466 e. The van der Waals surface area contributed by atoms with Crippen LogP contribution in [-0.2, 0) is 102 Å². The number of guanidine groups is 2. The van der Waals surface area contributed by atoms with Crippen molar-refractivity contribution in [2.75, 3.05) is 13.2 Å². The summed E-state index contributed by atoms with van der Waals surface area (Å²) >= 11 is 60.0. The first kappa shape index (κ1) is 104. The number of rotatable bonds is 31. The summed E-state index contributed by atoms with van der Waals surface area (Å²) in [7, 11) is 0. The van der Waals surface area contributed by atoms with E-state index in [0.717, 1.165) is 16.8 Å². The third-order valence-corrected chi connectivity index (χ3v) is 18.9. The number of carbonyl (C=O) groups excluding carboxylic acids is 11. The summed E-state index contributed by atoms with van der Waals surface area (Å²) in [6.07, 6.45) is 0.907. The molecule has 0 saturated heterocycles. The highest BCUT2D eigenvalue weighted by atomic mass is 35.5. The average molecular weight is 1870 g/mol. The molecule has 0 aliphatic heterocycles. The van der Waals surface area contributed by atoms with Crippen molar-refractivity contribution >= 4 is 210 Å². The second-order valence-electron chi connectivity index (χ2n) is 27.2. The number of carbonyl (C=O) groups is 11. The van der Waals surface area contributed by atoms with Gasteiger partial charge in [0.1, 0.15) is 46.8 Å². The molecular weight excluding hydrogens is 1790 g/mol. The number of esters is 3. The topological polar surface area (TPSA) is 456 Å². The van der Waals surface area contributed by atoms with Crippen molar-refractivity contribution in [1.82, 2.24) is 31.2 Å². The molecule has 28 nitrogen and oxygen atoms in total. The highest BCUT2D eigenvalue weighted by Gasteiger charge is 2.23. The van der Waals surface area contributed by atoms with E-state index in [0.29, 0.717) is 96.6 Å². The molecule has 0 unspecified atom stereocenters. The van der Waals surface area contributed by atoms with Gasteiger partial charge in [0.05, 0.1) is 45.0 Å². The molecule has 38 heteroatoms. The van der Waals surface area contributed by atoms with Crippen LogP contribution in [0.2, 0.25) is 50.2 Å². The highest BCUT2D eigenvalue weighted by Crippen LogP contribution is 2.30. The van der Waals surface area contributed by atoms with Gasteiger partial charge < -0.3 is 50.6 Å². The molecule has 8 rings (SSSR count). The lowest BCUT2D eigenvalue weighted by Crippen LogP contribution is -2.44. The summed E-state index contributed by atoms with van der Waals surface area (Å²) < 4.78 is 24.9. The Labute approximate surface area is 753 Å². The summed E-state index contributed by atoms with van der Waals surface area (Å²) in [5.41, 5.74) is 10.3. The van der Waals surface area contributed by atoms with Gasteiger partial charge in [0.2, 0.25) is 23.7 Å². The fraction of sp³-hybridized carbons (Fsp3) is 0.274. The quantitative estimate of drug-likeness (QED) is 0.00832. The summed E-state index contributed by atoms with van der Waals surface area (Å²) in [4.78, 5) is 136. The van der Waals surface area contributed by atoms with Crippen LogP contribution < -0.4 is 36.5 Å². The van der Waals surface area contributed by atoms with Crippen molar-refractivity contribution in [2.24, 2.45) is 5.73 Å². The van der Waals surface area contributed by atoms with Crippen molar-refractivity contribution in [2.45, 2.75) is 137 Å². The first-order chi connectivity index (χ1) is 57.4. The van der Waals surface area contributed by atoms with Gasteiger partial charge >= 0.3 is 30.1 Å². The van der Waals surface area contributed by atoms with E-state index < -0.39 is 59.4 Å². The first-order valence-corrected chi connectivity index (χ1v) is 40.3. The molecule has 122 heavy (non-hydrogen) atoms. The number of halogens is 10. The van der Waals surface area contributed by atoms with Crippen molar-refractivity contribution in [1.29, 1.82) is 27.0 Å². The molecule has 1 heterocycles. The molecule has 1 atom stereocenters. The molecule has 0 aliphatic rings. The first-order valence-electron chi connectivity index (χ1n) is 36.5. The van der Waals surface area contributed by atoms with E-state index in [4.69, 9.17) is 172 Å². The zero-order chi connectivity index (χ0) is 90.9. The Balaban J connectivity index is 0.000000322. The van der Waals surface area contributed by atoms with Crippen LogP contribution in [0, 0.1) is 34.0 Å². The monoisotopic (exact) mass is 1870 g/mol. The predicted molar refractivity (Wildman–Crippen MR) is 473 cm³/mol. The van der Waals surface area contributed by atoms with E-state index in [1.807, 2.05) is 13.0 Å². The van der Waals surface area contributed by atoms with E-state index >= 15 is 0 Å². The van der Waals surface area contributed by atoms with Crippen LogP contribution in [0.1, 0.15) is 118 Å². The van der Waals surface area contributed by atoms with Gasteiger partial charge in [0, 0.05) is 137 Å². The molecule has 1 aromatic heterocycles. The minimum absolute atomic E-state index is 0.00495. The summed E-state index contributed by atoms with van der Waals surface area (Å²) in [6.45, 7) is 10.6. The number of ketones is 4. The second kappa shape index (κ2) is 53.4. The molecule has 0 fully saturated rings. The van der Waals surface area contributed by atoms with Crippen LogP contribution in [0.3, 0.4) is 0 Å². The van der Waals surface area contributed by atoms with Gasteiger partial charge in [-0.25, -0.2) is 14.6 Å². The lowest BCUT2D eigenvalue weighted by atomic mass is 10.0. The number of amides is 4. The van der Waals surface area contributed by atoms with Crippen molar-refractivity contribution < 1.29 is 76.4 Å². The average Bonchev–Trinajstić information content (AvgIpc) is 0.884. The molecular formula is C84H86Cl10N12O16. The fourth-order valence-corrected chi connectivity index (χ4v) is 12.8. The standard InChI is InChI=1S/C19H17Cl2N3O4.C18H20Cl2N4O3.C17H15Cl2N3O3.C16H19Cl2NO3.C14H15Cl2NO3/c1-11(25)9-12-5-7-13(8-6-12)28-19(27)24-18(22)23-17(26)10-14-15(20)3-2-4-16(14)21;19-16-2-1-3-17(20)15(16)7-14(25)5-11(21)6-18(26)27-9-12(22)4-13-8-23-10-24-13;1-10-4-2-5-11(8-10)25-17(24)22-16(20)21-15(23)9-12-13(18)6-3-7-14(12)19;1-16(2,3)22-15(21)8-10(19)7-11(20)9-12-13(17)5-4-6-14(12)18;1-2-20-14(19)7-9(17)6-10(18)8-11-12(15)4-3-5-13(11)16/h2-8H,9-10H2,1H3,(H3,22,23,24,26,27);1-3,8,10,12,21H,4-7,9,22H2,(H,23,24);2-8H,9H2,1H3,(H3,20,21,22,23,24);4-6,19H,7-9H2,1-3H3;3-5,17H,2,6-8H2,1H3/t;12-;;;/m.0.../s1. The zero-order valence-corrected chi connectivity index (χ0v) is 74.0. The van der Waals surface area contributed by atoms with Gasteiger partial charge in [-0.05, 0) is 165 Å². The van der Waals surface area contributed by atoms with E-state index in [2.05, 4.69) is 31.2 Å². The third-order valence-electron chi connectivity index (χ3n) is 15.4. The Hall–Kier alpha value is -10.5. The van der Waals surface area contributed by atoms with E-state index in [-0.39, 0.29) is 136 Å². The zero-order valence-electron chi connectivity index (χ0n) is 66.5. The molecule has 0 aliphatic carbocycles. The molecule has 0 radical (unpaired) electrons. The van der Waals surface area contributed by atoms with E-state index in [9.17, 15) is 52.7 Å². The van der Waals surface area contributed by atoms with Crippen LogP contribution in [-0.4, -0.2) is 129 Å². The number of H-pyrrole nitrogens is 1. The number of aryl methyl sites for hydroxylation is 1. The van der Waals surface area contributed by atoms with Crippen molar-refractivity contribution in [3.05, 3.63) is 247 Å². The maximum atomic E-state index is 12.1. The van der Waals surface area contributed by atoms with Crippen LogP contribution in [0.4, 0.5) is 9.59 Å². The van der Waals surface area contributed by atoms with Gasteiger partial charge in [-0.15, -0.1) is 0 Å². The Morgan fingerprint density at radius 2 is 0.787 bits per heavy atom. The number of hydrogen-bond acceptors (Lipinski definition) is 23. The Morgan fingerprint density at radius 1 is 0.443 bits per heavy atom. The number of benzene rings is 7. The lowest BCUT2D eigenvalue weighted by Gasteiger charge is -2.19. The molecule has 0 bridgehead atoms. The summed E-state index contributed by atoms with van der Waals surface area (Å²) in [6, 6.07) is 37.6. The summed E-state index contributed by atoms with van der Waals surface area (Å²) in [5, 5.41) is 50.9. The molecule has 7 aromatic carbocycles. The highest BCUT2D eigenvalue weighted by molar-refractivity contribution is 6.39. The number of nitrogens with zero attached hydrogens (tertiary/aromatic N) is 1. The van der Waals surface area contributed by atoms with Crippen LogP contribution in [0.25, 0.3) is 0 Å². The molecule has 0 saturated carbocycles. The van der Waals surface area contributed by atoms with Crippen molar-refractivity contribution in [3.63, 3.8) is 0 Å². The molecule has 8 aromatic rings. The second-order valence-corrected chi connectivity index (χ2v) is 31.3. The Morgan fingerprint density at radius 3 is 1.12 bits per heavy atom. The van der Waals surface area contributed by atoms with Gasteiger partial charge in [-0.3, -0.25) is 75.2 Å². The number of hydrogen-bond donors (Lipinski definition) is 11. The van der Waals surface area contributed by atoms with Gasteiger partial charge in [-0.2, -0.15) is 0 Å². The maximum absolute atomic E-state index is 12.1. The van der Waals surface area contributed by atoms with Gasteiger partial charge in [-0.1, -0.05) is 171 Å². The van der Waals surface area contributed by atoms with Gasteiger partial charge in [0.25, 0.3) is 0 Å². The van der Waals surface area contributed by atoms with E-state index in [1.54, 1.807) is 162 Å². The van der Waals surface area contributed by atoms with Crippen LogP contribution >= 0.6 is 116 Å². The smallest absolute Gasteiger partial charge is 0.419 e. The van der Waals surface area contributed by atoms with Gasteiger partial charge in [0.15, 0.2) is 0 Å². The number of aromatic amines is 1. The molecule has 12 N–H and O–H groups in total. The lowest BCUT2D eigenvalue weighted by molar-refractivity contribution is -0.153. The fourth-order valence-electron chi connectivity index (χ4n) is 10.1. The number of nitrogens with two attached hydrogens (primary N) is 1. The number of Topliss-reactive ketones (excluding diaryl/α,β-unsaturated/α-hetero) is 4. The molecule has 648 valence electrons. The molecule has 0 spiro atoms. The number of imidazole rings is 1. The van der Waals surface area contributed by atoms with Crippen molar-refractivity contribution in [3.8, 4) is 11.5 Å². The SMILES string of the molecule is CC(=O)Cc1ccc(OC(=O)NC(=N)NC(=O)Cc2c(Cl)cccc2Cl)cc1.CC(C)(C)OC(=O)CC(=N)CC(=O)Cc1c(Cl)cccc1Cl.CCOC(=O)CC(=N)CC(=O)Cc1c(Cl)cccc1Cl.Cc1cccc(OC(=O)NC(=N)NC(=O)Cc2c(Cl)cccc2Cl)c1.N=C(CC(=O)Cc1c(Cl)cccc1Cl)CC(=O)OC[C@@H](N)Cc1cnc[nH]1. The number of nitrogens with one attached hydrogen (secondary N) is 10. The predicted octanol–water partition coefficient (Wildman–Crippen LogP) is 17.6. The summed E-state index contributed by atoms with van der Waals surface area (Å²) in [5.74, 6) is -3.88.